The van der Waals surface area contributed by atoms with Crippen LogP contribution >= 0.6 is 0 Å². The van der Waals surface area contributed by atoms with E-state index in [2.05, 4.69) is 12.2 Å². The molecular formula is C9H14O. The van der Waals surface area contributed by atoms with Crippen molar-refractivity contribution in [2.75, 3.05) is 0 Å². The monoisotopic (exact) mass is 138 g/mol. The summed E-state index contributed by atoms with van der Waals surface area (Å²) in [6, 6.07) is 0. The summed E-state index contributed by atoms with van der Waals surface area (Å²) in [5.74, 6) is 0.573. The predicted octanol–water partition coefficient (Wildman–Crippen LogP) is 2.95. The second kappa shape index (κ2) is 4.15. The highest BCUT2D eigenvalue weighted by Crippen LogP contribution is 2.09. The van der Waals surface area contributed by atoms with Gasteiger partial charge in [0, 0.05) is 6.42 Å². The van der Waals surface area contributed by atoms with Crippen molar-refractivity contribution < 1.29 is 5.11 Å². The van der Waals surface area contributed by atoms with E-state index in [4.69, 9.17) is 0 Å². The highest BCUT2D eigenvalue weighted by atomic mass is 16.3. The molecule has 0 heterocycles. The molecule has 0 fully saturated rings. The van der Waals surface area contributed by atoms with E-state index >= 15 is 0 Å². The maximum atomic E-state index is 9.17. The van der Waals surface area contributed by atoms with Crippen LogP contribution < -0.4 is 0 Å². The summed E-state index contributed by atoms with van der Waals surface area (Å²) in [5.41, 5.74) is 0. The van der Waals surface area contributed by atoms with Crippen LogP contribution in [0.15, 0.2) is 24.0 Å². The van der Waals surface area contributed by atoms with E-state index in [0.717, 1.165) is 32.1 Å². The second-order valence-electron chi connectivity index (χ2n) is 2.64. The normalized spacial score (nSPS) is 29.0. The van der Waals surface area contributed by atoms with Gasteiger partial charge in [-0.3, -0.25) is 0 Å². The van der Waals surface area contributed by atoms with Crippen molar-refractivity contribution in [3.05, 3.63) is 24.0 Å². The van der Waals surface area contributed by atoms with Crippen molar-refractivity contribution in [1.82, 2.24) is 0 Å². The van der Waals surface area contributed by atoms with Crippen molar-refractivity contribution in [2.24, 2.45) is 0 Å². The molecule has 1 aliphatic rings. The van der Waals surface area contributed by atoms with Gasteiger partial charge in [-0.1, -0.05) is 12.2 Å². The number of aliphatic hydroxyl groups is 1. The number of aliphatic hydroxyl groups excluding tert-OH is 1. The molecular weight excluding hydrogens is 124 g/mol. The van der Waals surface area contributed by atoms with Gasteiger partial charge in [0.15, 0.2) is 0 Å². The molecule has 0 aromatic rings. The Balaban J connectivity index is 2.39. The van der Waals surface area contributed by atoms with Gasteiger partial charge in [-0.25, -0.2) is 0 Å². The zero-order chi connectivity index (χ0) is 7.23. The Kier molecular flexibility index (Phi) is 3.07. The van der Waals surface area contributed by atoms with Crippen molar-refractivity contribution in [2.45, 2.75) is 32.1 Å². The number of rotatable bonds is 0. The van der Waals surface area contributed by atoms with E-state index in [-0.39, 0.29) is 0 Å². The molecule has 0 unspecified atom stereocenters. The summed E-state index contributed by atoms with van der Waals surface area (Å²) in [6.07, 6.45) is 11.4. The van der Waals surface area contributed by atoms with Crippen molar-refractivity contribution in [3.63, 3.8) is 0 Å². The van der Waals surface area contributed by atoms with Crippen LogP contribution in [0, 0.1) is 0 Å². The molecule has 0 atom stereocenters. The molecule has 0 amide bonds. The van der Waals surface area contributed by atoms with Gasteiger partial charge < -0.3 is 5.11 Å². The molecule has 0 bridgehead atoms. The van der Waals surface area contributed by atoms with Crippen molar-refractivity contribution in [3.8, 4) is 0 Å². The molecule has 0 aromatic carbocycles. The fourth-order valence-corrected chi connectivity index (χ4v) is 1.08. The van der Waals surface area contributed by atoms with Gasteiger partial charge in [0.2, 0.25) is 0 Å². The van der Waals surface area contributed by atoms with Gasteiger partial charge in [-0.05, 0) is 31.8 Å². The standard InChI is InChI=1S/C9H14O/c10-9-7-5-3-1-2-4-6-8-9/h1-2,7,10H,3-6,8H2/b2-1+,9-7-. The fourth-order valence-electron chi connectivity index (χ4n) is 1.08. The van der Waals surface area contributed by atoms with Crippen LogP contribution in [-0.4, -0.2) is 5.11 Å². The van der Waals surface area contributed by atoms with Crippen molar-refractivity contribution in [1.29, 1.82) is 0 Å². The van der Waals surface area contributed by atoms with Crippen molar-refractivity contribution >= 4 is 0 Å². The number of hydrogen-bond donors (Lipinski definition) is 1. The topological polar surface area (TPSA) is 20.2 Å². The molecule has 56 valence electrons. The Labute approximate surface area is 62.1 Å². The largest absolute Gasteiger partial charge is 0.513 e. The summed E-state index contributed by atoms with van der Waals surface area (Å²) >= 11 is 0. The average Bonchev–Trinajstić information content (AvgIpc) is 2.02. The van der Waals surface area contributed by atoms with Crippen LogP contribution in [0.25, 0.3) is 0 Å². The third-order valence-corrected chi connectivity index (χ3v) is 1.68. The van der Waals surface area contributed by atoms with E-state index in [9.17, 15) is 5.11 Å². The lowest BCUT2D eigenvalue weighted by molar-refractivity contribution is 0.382. The molecule has 1 rings (SSSR count). The fraction of sp³-hybridized carbons (Fsp3) is 0.556. The molecule has 0 aromatic heterocycles. The molecule has 1 heteroatoms. The Morgan fingerprint density at radius 2 is 1.90 bits per heavy atom. The van der Waals surface area contributed by atoms with Gasteiger partial charge in [0.05, 0.1) is 5.76 Å². The molecule has 1 N–H and O–H groups in total. The molecule has 1 aliphatic carbocycles. The van der Waals surface area contributed by atoms with Crippen LogP contribution in [-0.2, 0) is 0 Å². The summed E-state index contributed by atoms with van der Waals surface area (Å²) in [7, 11) is 0. The summed E-state index contributed by atoms with van der Waals surface area (Å²) in [6.45, 7) is 0. The minimum atomic E-state index is 0.573. The van der Waals surface area contributed by atoms with Crippen LogP contribution in [0.4, 0.5) is 0 Å². The van der Waals surface area contributed by atoms with Gasteiger partial charge in [-0.15, -0.1) is 0 Å². The minimum Gasteiger partial charge on any atom is -0.513 e. The number of hydrogen-bond acceptors (Lipinski definition) is 1. The highest BCUT2D eigenvalue weighted by molar-refractivity contribution is 4.96. The average molecular weight is 138 g/mol. The van der Waals surface area contributed by atoms with E-state index < -0.39 is 0 Å². The first-order valence-electron chi connectivity index (χ1n) is 3.92. The molecule has 0 radical (unpaired) electrons. The second-order valence-corrected chi connectivity index (χ2v) is 2.64. The zero-order valence-corrected chi connectivity index (χ0v) is 6.21. The minimum absolute atomic E-state index is 0.573. The summed E-state index contributed by atoms with van der Waals surface area (Å²) in [4.78, 5) is 0. The van der Waals surface area contributed by atoms with Gasteiger partial charge in [0.25, 0.3) is 0 Å². The molecule has 0 saturated carbocycles. The Morgan fingerprint density at radius 3 is 2.80 bits per heavy atom. The Bertz CT molecular complexity index is 145. The maximum Gasteiger partial charge on any atom is 0.0883 e. The zero-order valence-electron chi connectivity index (χ0n) is 6.21. The first-order valence-corrected chi connectivity index (χ1v) is 3.92. The third kappa shape index (κ3) is 2.72. The lowest BCUT2D eigenvalue weighted by Crippen LogP contribution is -1.79. The maximum absolute atomic E-state index is 9.17. The molecule has 0 spiro atoms. The van der Waals surface area contributed by atoms with E-state index in [1.165, 1.54) is 0 Å². The lowest BCUT2D eigenvalue weighted by atomic mass is 10.2. The molecule has 0 aliphatic heterocycles. The van der Waals surface area contributed by atoms with Crippen LogP contribution in [0.2, 0.25) is 0 Å². The summed E-state index contributed by atoms with van der Waals surface area (Å²) < 4.78 is 0. The summed E-state index contributed by atoms with van der Waals surface area (Å²) in [5, 5.41) is 9.17. The smallest absolute Gasteiger partial charge is 0.0883 e. The Hall–Kier alpha value is -0.720. The third-order valence-electron chi connectivity index (χ3n) is 1.68. The van der Waals surface area contributed by atoms with Crippen LogP contribution in [0.1, 0.15) is 32.1 Å². The van der Waals surface area contributed by atoms with E-state index in [0.29, 0.717) is 5.76 Å². The lowest BCUT2D eigenvalue weighted by Gasteiger charge is -1.94. The van der Waals surface area contributed by atoms with E-state index in [1.54, 1.807) is 0 Å². The van der Waals surface area contributed by atoms with Gasteiger partial charge >= 0.3 is 0 Å². The first-order chi connectivity index (χ1) is 4.89. The SMILES string of the molecule is O/C1=C\CC/C=C/CCC1. The van der Waals surface area contributed by atoms with E-state index in [1.807, 2.05) is 6.08 Å². The van der Waals surface area contributed by atoms with Crippen LogP contribution in [0.5, 0.6) is 0 Å². The highest BCUT2D eigenvalue weighted by Gasteiger charge is 1.93. The first kappa shape index (κ1) is 7.39. The number of allylic oxidation sites excluding steroid dienone is 4. The van der Waals surface area contributed by atoms with Crippen LogP contribution in [0.3, 0.4) is 0 Å². The molecule has 10 heavy (non-hydrogen) atoms. The predicted molar refractivity (Wildman–Crippen MR) is 42.9 cm³/mol. The Morgan fingerprint density at radius 1 is 1.10 bits per heavy atom. The molecule has 0 saturated heterocycles. The molecule has 1 nitrogen and oxygen atoms in total. The van der Waals surface area contributed by atoms with Gasteiger partial charge in [0.1, 0.15) is 0 Å². The van der Waals surface area contributed by atoms with Gasteiger partial charge in [-0.2, -0.15) is 0 Å². The quantitative estimate of drug-likeness (QED) is 0.510.